The number of carboxylic acid groups (broad SMARTS) is 1. The summed E-state index contributed by atoms with van der Waals surface area (Å²) in [6, 6.07) is 1.99. The summed E-state index contributed by atoms with van der Waals surface area (Å²) < 4.78 is 0. The first-order valence-corrected chi connectivity index (χ1v) is 6.78. The highest BCUT2D eigenvalue weighted by Crippen LogP contribution is 2.26. The van der Waals surface area contributed by atoms with Crippen molar-refractivity contribution in [1.29, 1.82) is 0 Å². The number of carbonyl (C=O) groups is 1. The van der Waals surface area contributed by atoms with E-state index in [1.54, 1.807) is 0 Å². The smallest absolute Gasteiger partial charge is 0.314 e. The van der Waals surface area contributed by atoms with Crippen molar-refractivity contribution in [2.75, 3.05) is 20.1 Å². The van der Waals surface area contributed by atoms with Crippen molar-refractivity contribution in [2.24, 2.45) is 0 Å². The highest BCUT2D eigenvalue weighted by atomic mass is 16.4. The van der Waals surface area contributed by atoms with Gasteiger partial charge in [-0.25, -0.2) is 9.97 Å². The lowest BCUT2D eigenvalue weighted by Gasteiger charge is -2.14. The third-order valence-corrected chi connectivity index (χ3v) is 3.72. The van der Waals surface area contributed by atoms with Gasteiger partial charge in [0.15, 0.2) is 0 Å². The standard InChI is InChI=1S/C14H21N3O2/c1-4-11(14(18)19)13-15-9(2)7-12(16-13)10-5-6-17(3)8-10/h7,10-11H,4-6,8H2,1-3H3,(H,18,19). The van der Waals surface area contributed by atoms with E-state index in [0.29, 0.717) is 18.2 Å². The molecule has 5 heteroatoms. The molecule has 0 radical (unpaired) electrons. The van der Waals surface area contributed by atoms with Crippen LogP contribution < -0.4 is 0 Å². The van der Waals surface area contributed by atoms with Crippen LogP contribution in [-0.4, -0.2) is 46.1 Å². The van der Waals surface area contributed by atoms with Gasteiger partial charge >= 0.3 is 5.97 Å². The second-order valence-electron chi connectivity index (χ2n) is 5.34. The minimum Gasteiger partial charge on any atom is -0.481 e. The van der Waals surface area contributed by atoms with Crippen molar-refractivity contribution in [3.05, 3.63) is 23.3 Å². The van der Waals surface area contributed by atoms with Crippen LogP contribution in [0.4, 0.5) is 0 Å². The number of likely N-dealkylation sites (tertiary alicyclic amines) is 1. The van der Waals surface area contributed by atoms with Crippen molar-refractivity contribution in [3.8, 4) is 0 Å². The molecule has 1 fully saturated rings. The van der Waals surface area contributed by atoms with Crippen LogP contribution >= 0.6 is 0 Å². The molecule has 2 unspecified atom stereocenters. The predicted molar refractivity (Wildman–Crippen MR) is 72.3 cm³/mol. The summed E-state index contributed by atoms with van der Waals surface area (Å²) in [5.41, 5.74) is 1.85. The van der Waals surface area contributed by atoms with Gasteiger partial charge in [-0.3, -0.25) is 4.79 Å². The number of aliphatic carboxylic acids is 1. The Morgan fingerprint density at radius 2 is 2.32 bits per heavy atom. The van der Waals surface area contributed by atoms with Crippen molar-refractivity contribution < 1.29 is 9.90 Å². The van der Waals surface area contributed by atoms with Crippen molar-refractivity contribution in [3.63, 3.8) is 0 Å². The van der Waals surface area contributed by atoms with E-state index in [0.717, 1.165) is 30.9 Å². The van der Waals surface area contributed by atoms with Gasteiger partial charge in [-0.1, -0.05) is 6.92 Å². The Morgan fingerprint density at radius 1 is 1.58 bits per heavy atom. The summed E-state index contributed by atoms with van der Waals surface area (Å²) >= 11 is 0. The zero-order valence-electron chi connectivity index (χ0n) is 11.8. The minimum atomic E-state index is -0.845. The van der Waals surface area contributed by atoms with E-state index in [1.165, 1.54) is 0 Å². The van der Waals surface area contributed by atoms with Gasteiger partial charge in [0.2, 0.25) is 0 Å². The lowest BCUT2D eigenvalue weighted by molar-refractivity contribution is -0.139. The van der Waals surface area contributed by atoms with Crippen LogP contribution in [0.25, 0.3) is 0 Å². The number of hydrogen-bond donors (Lipinski definition) is 1. The lowest BCUT2D eigenvalue weighted by atomic mass is 10.0. The summed E-state index contributed by atoms with van der Waals surface area (Å²) in [6.45, 7) is 5.81. The normalized spacial score (nSPS) is 21.5. The van der Waals surface area contributed by atoms with E-state index in [1.807, 2.05) is 19.9 Å². The number of hydrogen-bond acceptors (Lipinski definition) is 4. The molecule has 0 aromatic carbocycles. The molecule has 104 valence electrons. The molecule has 2 atom stereocenters. The Balaban J connectivity index is 2.31. The average Bonchev–Trinajstić information content (AvgIpc) is 2.75. The minimum absolute atomic E-state index is 0.400. The second-order valence-corrected chi connectivity index (χ2v) is 5.34. The fraction of sp³-hybridized carbons (Fsp3) is 0.643. The van der Waals surface area contributed by atoms with Gasteiger partial charge in [0, 0.05) is 23.9 Å². The van der Waals surface area contributed by atoms with Gasteiger partial charge in [0.05, 0.1) is 0 Å². The Kier molecular flexibility index (Phi) is 4.14. The molecule has 0 spiro atoms. The number of nitrogens with zero attached hydrogens (tertiary/aromatic N) is 3. The molecule has 2 rings (SSSR count). The average molecular weight is 263 g/mol. The maximum Gasteiger partial charge on any atom is 0.314 e. The van der Waals surface area contributed by atoms with E-state index in [4.69, 9.17) is 0 Å². The third-order valence-electron chi connectivity index (χ3n) is 3.72. The third kappa shape index (κ3) is 3.10. The molecular weight excluding hydrogens is 242 g/mol. The van der Waals surface area contributed by atoms with Crippen LogP contribution in [0.5, 0.6) is 0 Å². The van der Waals surface area contributed by atoms with E-state index < -0.39 is 11.9 Å². The molecule has 1 aromatic heterocycles. The molecule has 19 heavy (non-hydrogen) atoms. The quantitative estimate of drug-likeness (QED) is 0.897. The molecule has 0 bridgehead atoms. The molecule has 5 nitrogen and oxygen atoms in total. The van der Waals surface area contributed by atoms with Gasteiger partial charge in [-0.2, -0.15) is 0 Å². The number of rotatable bonds is 4. The second kappa shape index (κ2) is 5.65. The van der Waals surface area contributed by atoms with Crippen LogP contribution in [0.2, 0.25) is 0 Å². The van der Waals surface area contributed by atoms with E-state index in [2.05, 4.69) is 21.9 Å². The summed E-state index contributed by atoms with van der Waals surface area (Å²) in [4.78, 5) is 22.3. The van der Waals surface area contributed by atoms with Gasteiger partial charge in [0.25, 0.3) is 0 Å². The maximum atomic E-state index is 11.2. The van der Waals surface area contributed by atoms with Gasteiger partial charge in [-0.05, 0) is 39.4 Å². The van der Waals surface area contributed by atoms with Crippen LogP contribution in [-0.2, 0) is 4.79 Å². The van der Waals surface area contributed by atoms with Crippen LogP contribution in [0.15, 0.2) is 6.07 Å². The molecule has 1 saturated heterocycles. The Labute approximate surface area is 113 Å². The molecular formula is C14H21N3O2. The van der Waals surface area contributed by atoms with Gasteiger partial charge in [-0.15, -0.1) is 0 Å². The van der Waals surface area contributed by atoms with Crippen molar-refractivity contribution in [1.82, 2.24) is 14.9 Å². The molecule has 1 aliphatic heterocycles. The van der Waals surface area contributed by atoms with Crippen LogP contribution in [0.3, 0.4) is 0 Å². The predicted octanol–water partition coefficient (Wildman–Crippen LogP) is 1.78. The SMILES string of the molecule is CCC(C(=O)O)c1nc(C)cc(C2CCN(C)C2)n1. The van der Waals surface area contributed by atoms with Gasteiger partial charge < -0.3 is 10.0 Å². The fourth-order valence-electron chi connectivity index (χ4n) is 2.63. The van der Waals surface area contributed by atoms with Gasteiger partial charge in [0.1, 0.15) is 11.7 Å². The topological polar surface area (TPSA) is 66.3 Å². The van der Waals surface area contributed by atoms with Crippen molar-refractivity contribution in [2.45, 2.75) is 38.5 Å². The first-order valence-electron chi connectivity index (χ1n) is 6.78. The Bertz CT molecular complexity index is 476. The first-order chi connectivity index (χ1) is 9.01. The number of aromatic nitrogens is 2. The number of aryl methyl sites for hydroxylation is 1. The molecule has 1 N–H and O–H groups in total. The summed E-state index contributed by atoms with van der Waals surface area (Å²) in [5, 5.41) is 9.23. The number of carboxylic acids is 1. The summed E-state index contributed by atoms with van der Waals surface area (Å²) in [6.07, 6.45) is 1.60. The van der Waals surface area contributed by atoms with Crippen LogP contribution in [0.1, 0.15) is 48.8 Å². The summed E-state index contributed by atoms with van der Waals surface area (Å²) in [7, 11) is 2.10. The molecule has 0 saturated carbocycles. The lowest BCUT2D eigenvalue weighted by Crippen LogP contribution is -2.18. The molecule has 0 aliphatic carbocycles. The maximum absolute atomic E-state index is 11.2. The van der Waals surface area contributed by atoms with E-state index in [-0.39, 0.29) is 0 Å². The monoisotopic (exact) mass is 263 g/mol. The molecule has 1 aliphatic rings. The first kappa shape index (κ1) is 13.9. The highest BCUT2D eigenvalue weighted by molar-refractivity contribution is 5.74. The Hall–Kier alpha value is -1.49. The molecule has 1 aromatic rings. The summed E-state index contributed by atoms with van der Waals surface area (Å²) in [5.74, 6) is -0.586. The van der Waals surface area contributed by atoms with E-state index in [9.17, 15) is 9.90 Å². The molecule has 0 amide bonds. The van der Waals surface area contributed by atoms with Crippen molar-refractivity contribution >= 4 is 5.97 Å². The van der Waals surface area contributed by atoms with E-state index >= 15 is 0 Å². The fourth-order valence-corrected chi connectivity index (χ4v) is 2.63. The Morgan fingerprint density at radius 3 is 2.84 bits per heavy atom. The zero-order chi connectivity index (χ0) is 14.0. The number of likely N-dealkylation sites (N-methyl/N-ethyl adjacent to an activating group) is 1. The highest BCUT2D eigenvalue weighted by Gasteiger charge is 2.26. The largest absolute Gasteiger partial charge is 0.481 e. The zero-order valence-corrected chi connectivity index (χ0v) is 11.8. The van der Waals surface area contributed by atoms with Crippen LogP contribution in [0, 0.1) is 6.92 Å². The molecule has 2 heterocycles.